The first kappa shape index (κ1) is 25.2. The molecule has 29 heavy (non-hydrogen) atoms. The van der Waals surface area contributed by atoms with E-state index in [0.29, 0.717) is 19.4 Å². The average Bonchev–Trinajstić information content (AvgIpc) is 3.02. The molecule has 0 unspecified atom stereocenters. The highest BCUT2D eigenvalue weighted by Crippen LogP contribution is 2.23. The maximum Gasteiger partial charge on any atom is 0.410 e. The van der Waals surface area contributed by atoms with Crippen LogP contribution < -0.4 is 5.73 Å². The van der Waals surface area contributed by atoms with E-state index in [1.807, 2.05) is 20.8 Å². The van der Waals surface area contributed by atoms with Crippen LogP contribution in [0.1, 0.15) is 73.6 Å². The normalized spacial score (nSPS) is 19.0. The molecule has 0 aromatic rings. The Kier molecular flexibility index (Phi) is 8.50. The predicted molar refractivity (Wildman–Crippen MR) is 115 cm³/mol. The predicted octanol–water partition coefficient (Wildman–Crippen LogP) is 3.90. The van der Waals surface area contributed by atoms with Crippen LogP contribution >= 0.6 is 0 Å². The van der Waals surface area contributed by atoms with Crippen LogP contribution in [0.25, 0.3) is 0 Å². The van der Waals surface area contributed by atoms with Crippen molar-refractivity contribution in [3.63, 3.8) is 0 Å². The van der Waals surface area contributed by atoms with Gasteiger partial charge in [-0.05, 0) is 51.5 Å². The van der Waals surface area contributed by atoms with Crippen molar-refractivity contribution in [1.29, 1.82) is 0 Å². The van der Waals surface area contributed by atoms with E-state index < -0.39 is 21.5 Å². The standard InChI is InChI=1S/C21H36N2O5S/c1-20(2,3)13-11-17(24)9-10-18(22)29(26,27)15-12-16-8-7-14-23(16)19(25)28-21(4,5)6/h10,12,15-16H,7-9,11,13-14,22H2,1-6H3/b15-12+,18-10-/t16-/m1/s1. The molecule has 0 aliphatic carbocycles. The van der Waals surface area contributed by atoms with Crippen molar-refractivity contribution in [2.75, 3.05) is 6.54 Å². The molecule has 1 heterocycles. The second-order valence-corrected chi connectivity index (χ2v) is 11.5. The number of hydrogen-bond acceptors (Lipinski definition) is 6. The van der Waals surface area contributed by atoms with Gasteiger partial charge in [0.2, 0.25) is 9.84 Å². The summed E-state index contributed by atoms with van der Waals surface area (Å²) in [5.41, 5.74) is 5.13. The highest BCUT2D eigenvalue weighted by Gasteiger charge is 2.31. The third-order valence-corrected chi connectivity index (χ3v) is 5.76. The number of sulfone groups is 1. The Bertz CT molecular complexity index is 755. The Hall–Kier alpha value is -1.83. The topological polar surface area (TPSA) is 107 Å². The van der Waals surface area contributed by atoms with Crippen LogP contribution in [0.15, 0.2) is 22.6 Å². The average molecular weight is 429 g/mol. The van der Waals surface area contributed by atoms with E-state index in [4.69, 9.17) is 10.5 Å². The molecular formula is C21H36N2O5S. The van der Waals surface area contributed by atoms with E-state index in [1.165, 1.54) is 17.1 Å². The highest BCUT2D eigenvalue weighted by atomic mass is 32.2. The van der Waals surface area contributed by atoms with E-state index in [1.54, 1.807) is 20.8 Å². The monoisotopic (exact) mass is 428 g/mol. The van der Waals surface area contributed by atoms with Crippen LogP contribution in [0, 0.1) is 5.41 Å². The second-order valence-electron chi connectivity index (χ2n) is 9.67. The number of hydrogen-bond donors (Lipinski definition) is 1. The van der Waals surface area contributed by atoms with Crippen molar-refractivity contribution in [3.8, 4) is 0 Å². The summed E-state index contributed by atoms with van der Waals surface area (Å²) in [5.74, 6) is -0.0473. The third-order valence-electron chi connectivity index (χ3n) is 4.42. The number of Topliss-reactive ketones (excluding diaryl/α,β-unsaturated/α-hetero) is 1. The molecule has 8 heteroatoms. The van der Waals surface area contributed by atoms with Gasteiger partial charge in [0.05, 0.1) is 6.04 Å². The molecule has 0 aromatic heterocycles. The number of allylic oxidation sites excluding steroid dienone is 1. The molecular weight excluding hydrogens is 392 g/mol. The van der Waals surface area contributed by atoms with Crippen LogP contribution in [0.3, 0.4) is 0 Å². The van der Waals surface area contributed by atoms with Crippen LogP contribution in [0.2, 0.25) is 0 Å². The molecule has 7 nitrogen and oxygen atoms in total. The molecule has 0 saturated carbocycles. The van der Waals surface area contributed by atoms with E-state index >= 15 is 0 Å². The minimum Gasteiger partial charge on any atom is -0.444 e. The lowest BCUT2D eigenvalue weighted by atomic mass is 9.89. The fourth-order valence-corrected chi connectivity index (χ4v) is 3.62. The van der Waals surface area contributed by atoms with Crippen molar-refractivity contribution in [2.45, 2.75) is 85.3 Å². The molecule has 1 atom stereocenters. The quantitative estimate of drug-likeness (QED) is 0.659. The molecule has 2 N–H and O–H groups in total. The van der Waals surface area contributed by atoms with Crippen molar-refractivity contribution in [3.05, 3.63) is 22.6 Å². The molecule has 1 fully saturated rings. The number of carbonyl (C=O) groups excluding carboxylic acids is 2. The van der Waals surface area contributed by atoms with E-state index in [-0.39, 0.29) is 28.7 Å². The Labute approximate surface area is 175 Å². The lowest BCUT2D eigenvalue weighted by Crippen LogP contribution is -2.39. The maximum atomic E-state index is 12.4. The Balaban J connectivity index is 2.73. The van der Waals surface area contributed by atoms with Gasteiger partial charge in [-0.3, -0.25) is 4.79 Å². The molecule has 1 amide bonds. The van der Waals surface area contributed by atoms with Crippen molar-refractivity contribution < 1.29 is 22.7 Å². The van der Waals surface area contributed by atoms with Gasteiger partial charge in [0, 0.05) is 24.8 Å². The van der Waals surface area contributed by atoms with E-state index in [2.05, 4.69) is 0 Å². The maximum absolute atomic E-state index is 12.4. The summed E-state index contributed by atoms with van der Waals surface area (Å²) in [7, 11) is -3.84. The summed E-state index contributed by atoms with van der Waals surface area (Å²) < 4.78 is 30.2. The SMILES string of the molecule is CC(C)(C)CCC(=O)C/C=C(/N)S(=O)(=O)/C=C/[C@H]1CCCN1C(=O)OC(C)(C)C. The first-order chi connectivity index (χ1) is 13.1. The number of nitrogens with zero attached hydrogens (tertiary/aromatic N) is 1. The van der Waals surface area contributed by atoms with Gasteiger partial charge in [-0.1, -0.05) is 26.8 Å². The van der Waals surface area contributed by atoms with E-state index in [0.717, 1.165) is 18.2 Å². The summed E-state index contributed by atoms with van der Waals surface area (Å²) in [6.45, 7) is 12.0. The van der Waals surface area contributed by atoms with Gasteiger partial charge in [-0.2, -0.15) is 0 Å². The Morgan fingerprint density at radius 2 is 1.79 bits per heavy atom. The zero-order valence-electron chi connectivity index (χ0n) is 18.5. The lowest BCUT2D eigenvalue weighted by Gasteiger charge is -2.27. The number of ether oxygens (including phenoxy) is 1. The Morgan fingerprint density at radius 1 is 1.17 bits per heavy atom. The van der Waals surface area contributed by atoms with Crippen molar-refractivity contribution in [2.24, 2.45) is 11.1 Å². The molecule has 0 spiro atoms. The molecule has 1 rings (SSSR count). The largest absolute Gasteiger partial charge is 0.444 e. The summed E-state index contributed by atoms with van der Waals surface area (Å²) in [6, 6.07) is -0.360. The summed E-state index contributed by atoms with van der Waals surface area (Å²) in [4.78, 5) is 25.8. The second kappa shape index (κ2) is 9.78. The fourth-order valence-electron chi connectivity index (χ4n) is 2.76. The van der Waals surface area contributed by atoms with Gasteiger partial charge in [0.15, 0.2) is 0 Å². The Morgan fingerprint density at radius 3 is 2.34 bits per heavy atom. The summed E-state index contributed by atoms with van der Waals surface area (Å²) in [5, 5.41) is 0.672. The first-order valence-electron chi connectivity index (χ1n) is 10.0. The number of carbonyl (C=O) groups is 2. The minimum absolute atomic E-state index is 0.0115. The van der Waals surface area contributed by atoms with E-state index in [9.17, 15) is 18.0 Å². The number of nitrogens with two attached hydrogens (primary N) is 1. The molecule has 0 radical (unpaired) electrons. The van der Waals surface area contributed by atoms with Gasteiger partial charge < -0.3 is 15.4 Å². The number of amides is 1. The van der Waals surface area contributed by atoms with Crippen molar-refractivity contribution in [1.82, 2.24) is 4.90 Å². The van der Waals surface area contributed by atoms with Crippen LogP contribution in [-0.2, 0) is 19.4 Å². The molecule has 1 saturated heterocycles. The molecule has 1 aliphatic heterocycles. The summed E-state index contributed by atoms with van der Waals surface area (Å²) in [6.07, 6.45) is 4.78. The minimum atomic E-state index is -3.84. The van der Waals surface area contributed by atoms with Gasteiger partial charge >= 0.3 is 6.09 Å². The molecule has 1 aliphatic rings. The first-order valence-corrected chi connectivity index (χ1v) is 11.6. The number of ketones is 1. The molecule has 166 valence electrons. The zero-order valence-corrected chi connectivity index (χ0v) is 19.3. The smallest absolute Gasteiger partial charge is 0.410 e. The third kappa shape index (κ3) is 9.47. The summed E-state index contributed by atoms with van der Waals surface area (Å²) >= 11 is 0. The lowest BCUT2D eigenvalue weighted by molar-refractivity contribution is -0.118. The van der Waals surface area contributed by atoms with Crippen LogP contribution in [0.4, 0.5) is 4.79 Å². The fraction of sp³-hybridized carbons (Fsp3) is 0.714. The van der Waals surface area contributed by atoms with Crippen LogP contribution in [-0.4, -0.2) is 43.4 Å². The highest BCUT2D eigenvalue weighted by molar-refractivity contribution is 7.97. The number of rotatable bonds is 7. The number of likely N-dealkylation sites (tertiary alicyclic amines) is 1. The molecule has 0 aromatic carbocycles. The molecule has 0 bridgehead atoms. The zero-order chi connectivity index (χ0) is 22.5. The van der Waals surface area contributed by atoms with Gasteiger partial charge in [-0.25, -0.2) is 13.2 Å². The van der Waals surface area contributed by atoms with Gasteiger partial charge in [0.1, 0.15) is 16.4 Å². The van der Waals surface area contributed by atoms with Gasteiger partial charge in [0.25, 0.3) is 0 Å². The van der Waals surface area contributed by atoms with Crippen LogP contribution in [0.5, 0.6) is 0 Å². The van der Waals surface area contributed by atoms with Crippen molar-refractivity contribution >= 4 is 21.7 Å². The van der Waals surface area contributed by atoms with Gasteiger partial charge in [-0.15, -0.1) is 0 Å².